The molecule has 7 nitrogen and oxygen atoms in total. The Morgan fingerprint density at radius 1 is 1.17 bits per heavy atom. The number of halogens is 1. The molecule has 0 bridgehead atoms. The second-order valence-electron chi connectivity index (χ2n) is 6.65. The maximum atomic E-state index is 12.7. The third kappa shape index (κ3) is 5.38. The minimum absolute atomic E-state index is 0.174. The lowest BCUT2D eigenvalue weighted by Crippen LogP contribution is -2.30. The summed E-state index contributed by atoms with van der Waals surface area (Å²) in [5, 5.41) is 2.63. The first-order valence-corrected chi connectivity index (χ1v) is 10.4. The summed E-state index contributed by atoms with van der Waals surface area (Å²) in [7, 11) is 0. The molecule has 2 aromatic rings. The van der Waals surface area contributed by atoms with Crippen LogP contribution in [0.3, 0.4) is 0 Å². The van der Waals surface area contributed by atoms with Crippen LogP contribution in [-0.4, -0.2) is 36.0 Å². The Balaban J connectivity index is 1.69. The van der Waals surface area contributed by atoms with Gasteiger partial charge in [0.15, 0.2) is 6.61 Å². The lowest BCUT2D eigenvalue weighted by atomic mass is 10.1. The van der Waals surface area contributed by atoms with Crippen LogP contribution in [0.5, 0.6) is 5.75 Å². The largest absolute Gasteiger partial charge is 0.481 e. The molecule has 3 rings (SSSR count). The van der Waals surface area contributed by atoms with E-state index in [1.165, 1.54) is 4.90 Å². The summed E-state index contributed by atoms with van der Waals surface area (Å²) >= 11 is 2.08. The number of hydrogen-bond donors (Lipinski definition) is 1. The molecular weight excluding hydrogens is 499 g/mol. The number of amides is 3. The Kier molecular flexibility index (Phi) is 7.09. The first kappa shape index (κ1) is 21.8. The number of hydrogen-bond acceptors (Lipinski definition) is 5. The lowest BCUT2D eigenvalue weighted by Gasteiger charge is -2.11. The van der Waals surface area contributed by atoms with Crippen LogP contribution in [-0.2, 0) is 20.9 Å². The van der Waals surface area contributed by atoms with Crippen molar-refractivity contribution in [3.63, 3.8) is 0 Å². The van der Waals surface area contributed by atoms with Crippen LogP contribution in [0.25, 0.3) is 6.08 Å². The van der Waals surface area contributed by atoms with E-state index in [9.17, 15) is 14.4 Å². The smallest absolute Gasteiger partial charge is 0.344 e. The number of carbonyl (C=O) groups is 3. The van der Waals surface area contributed by atoms with Crippen LogP contribution in [0.2, 0.25) is 0 Å². The number of aryl methyl sites for hydroxylation is 1. The van der Waals surface area contributed by atoms with Crippen molar-refractivity contribution in [3.8, 4) is 5.75 Å². The second-order valence-corrected chi connectivity index (χ2v) is 7.81. The van der Waals surface area contributed by atoms with Gasteiger partial charge in [0.25, 0.3) is 5.91 Å². The summed E-state index contributed by atoms with van der Waals surface area (Å²) in [6, 6.07) is 12.5. The van der Waals surface area contributed by atoms with Gasteiger partial charge in [-0.1, -0.05) is 35.9 Å². The topological polar surface area (TPSA) is 84.9 Å². The predicted molar refractivity (Wildman–Crippen MR) is 120 cm³/mol. The molecule has 1 fully saturated rings. The highest BCUT2D eigenvalue weighted by molar-refractivity contribution is 14.1. The molecule has 0 unspecified atom stereocenters. The Morgan fingerprint density at radius 2 is 1.90 bits per heavy atom. The van der Waals surface area contributed by atoms with Crippen LogP contribution in [0.4, 0.5) is 4.79 Å². The molecule has 2 aromatic carbocycles. The molecule has 30 heavy (non-hydrogen) atoms. The number of nitrogens with one attached hydrogen (secondary N) is 1. The van der Waals surface area contributed by atoms with Crippen LogP contribution >= 0.6 is 22.6 Å². The Hall–Kier alpha value is -2.88. The van der Waals surface area contributed by atoms with Gasteiger partial charge < -0.3 is 14.8 Å². The number of imide groups is 1. The molecule has 0 spiro atoms. The van der Waals surface area contributed by atoms with Crippen LogP contribution in [0.15, 0.2) is 48.2 Å². The second kappa shape index (κ2) is 9.75. The van der Waals surface area contributed by atoms with Crippen LogP contribution < -0.4 is 10.1 Å². The molecule has 0 radical (unpaired) electrons. The summed E-state index contributed by atoms with van der Waals surface area (Å²) in [6.07, 6.45) is 1.62. The van der Waals surface area contributed by atoms with Crippen molar-refractivity contribution in [2.24, 2.45) is 0 Å². The number of carbonyl (C=O) groups excluding carboxylic acids is 3. The van der Waals surface area contributed by atoms with Gasteiger partial charge in [-0.05, 0) is 65.8 Å². The van der Waals surface area contributed by atoms with Gasteiger partial charge in [0.1, 0.15) is 11.4 Å². The van der Waals surface area contributed by atoms with E-state index in [0.29, 0.717) is 12.4 Å². The molecular formula is C22H21IN2O5. The molecule has 0 aromatic heterocycles. The summed E-state index contributed by atoms with van der Waals surface area (Å²) in [4.78, 5) is 37.6. The molecule has 1 aliphatic rings. The van der Waals surface area contributed by atoms with E-state index in [-0.39, 0.29) is 24.8 Å². The van der Waals surface area contributed by atoms with Gasteiger partial charge in [-0.25, -0.2) is 9.59 Å². The quantitative estimate of drug-likeness (QED) is 0.261. The Labute approximate surface area is 188 Å². The van der Waals surface area contributed by atoms with Gasteiger partial charge in [0.05, 0.1) is 16.7 Å². The molecule has 0 atom stereocenters. The zero-order valence-electron chi connectivity index (χ0n) is 16.6. The number of esters is 1. The van der Waals surface area contributed by atoms with Crippen molar-refractivity contribution in [3.05, 3.63) is 68.4 Å². The Morgan fingerprint density at radius 3 is 2.57 bits per heavy atom. The Bertz CT molecular complexity index is 1000. The normalized spacial score (nSPS) is 14.8. The van der Waals surface area contributed by atoms with Gasteiger partial charge in [-0.2, -0.15) is 0 Å². The van der Waals surface area contributed by atoms with Crippen molar-refractivity contribution < 1.29 is 23.9 Å². The van der Waals surface area contributed by atoms with E-state index in [0.717, 1.165) is 20.3 Å². The molecule has 8 heteroatoms. The van der Waals surface area contributed by atoms with Crippen molar-refractivity contribution in [1.82, 2.24) is 10.2 Å². The van der Waals surface area contributed by atoms with E-state index in [4.69, 9.17) is 9.47 Å². The molecule has 156 valence electrons. The minimum Gasteiger partial charge on any atom is -0.481 e. The third-order valence-electron chi connectivity index (χ3n) is 4.34. The van der Waals surface area contributed by atoms with Crippen molar-refractivity contribution in [1.29, 1.82) is 0 Å². The maximum absolute atomic E-state index is 12.7. The molecule has 0 saturated carbocycles. The highest BCUT2D eigenvalue weighted by atomic mass is 127. The number of ether oxygens (including phenoxy) is 2. The highest BCUT2D eigenvalue weighted by Gasteiger charge is 2.33. The maximum Gasteiger partial charge on any atom is 0.344 e. The summed E-state index contributed by atoms with van der Waals surface area (Å²) < 4.78 is 11.1. The van der Waals surface area contributed by atoms with Crippen molar-refractivity contribution in [2.45, 2.75) is 20.4 Å². The van der Waals surface area contributed by atoms with E-state index >= 15 is 0 Å². The molecule has 3 amide bonds. The lowest BCUT2D eigenvalue weighted by molar-refractivity contribution is -0.145. The molecule has 1 N–H and O–H groups in total. The van der Waals surface area contributed by atoms with Gasteiger partial charge >= 0.3 is 12.0 Å². The highest BCUT2D eigenvalue weighted by Crippen LogP contribution is 2.24. The van der Waals surface area contributed by atoms with Gasteiger partial charge in [0, 0.05) is 0 Å². The fraction of sp³-hybridized carbons (Fsp3) is 0.227. The number of urea groups is 1. The molecule has 1 heterocycles. The third-order valence-corrected chi connectivity index (χ3v) is 5.18. The SMILES string of the molecule is CCOC(=O)COc1ccc(/C=C2/NC(=O)N(Cc3ccc(C)cc3)C2=O)cc1I. The van der Waals surface area contributed by atoms with Gasteiger partial charge in [-0.15, -0.1) is 0 Å². The average Bonchev–Trinajstić information content (AvgIpc) is 2.96. The fourth-order valence-corrected chi connectivity index (χ4v) is 3.52. The number of benzene rings is 2. The van der Waals surface area contributed by atoms with E-state index < -0.39 is 12.0 Å². The van der Waals surface area contributed by atoms with Crippen molar-refractivity contribution in [2.75, 3.05) is 13.2 Å². The fourth-order valence-electron chi connectivity index (χ4n) is 2.82. The zero-order valence-corrected chi connectivity index (χ0v) is 18.8. The first-order valence-electron chi connectivity index (χ1n) is 9.35. The zero-order chi connectivity index (χ0) is 21.7. The van der Waals surface area contributed by atoms with Crippen LogP contribution in [0, 0.1) is 10.5 Å². The molecule has 1 saturated heterocycles. The first-order chi connectivity index (χ1) is 14.4. The minimum atomic E-state index is -0.448. The van der Waals surface area contributed by atoms with E-state index in [1.807, 2.05) is 31.2 Å². The summed E-state index contributed by atoms with van der Waals surface area (Å²) in [5.74, 6) is -0.278. The average molecular weight is 520 g/mol. The van der Waals surface area contributed by atoms with E-state index in [1.54, 1.807) is 31.2 Å². The number of rotatable bonds is 7. The molecule has 1 aliphatic heterocycles. The molecule has 0 aliphatic carbocycles. The standard InChI is InChI=1S/C22H21IN2O5/c1-3-29-20(26)13-30-19-9-8-16(10-17(19)23)11-18-21(27)25(22(28)24-18)12-15-6-4-14(2)5-7-15/h4-11H,3,12-13H2,1-2H3,(H,24,28)/b18-11+. The summed E-state index contributed by atoms with van der Waals surface area (Å²) in [5.41, 5.74) is 2.93. The monoisotopic (exact) mass is 520 g/mol. The van der Waals surface area contributed by atoms with Crippen LogP contribution in [0.1, 0.15) is 23.6 Å². The van der Waals surface area contributed by atoms with Crippen molar-refractivity contribution >= 4 is 46.6 Å². The summed E-state index contributed by atoms with van der Waals surface area (Å²) in [6.45, 7) is 4.04. The van der Waals surface area contributed by atoms with Gasteiger partial charge in [-0.3, -0.25) is 9.69 Å². The van der Waals surface area contributed by atoms with E-state index in [2.05, 4.69) is 27.9 Å². The predicted octanol–water partition coefficient (Wildman–Crippen LogP) is 3.63. The number of nitrogens with zero attached hydrogens (tertiary/aromatic N) is 1. The van der Waals surface area contributed by atoms with Gasteiger partial charge in [0.2, 0.25) is 0 Å².